The van der Waals surface area contributed by atoms with Gasteiger partial charge in [0, 0.05) is 13.6 Å². The maximum atomic E-state index is 12.0. The van der Waals surface area contributed by atoms with Crippen molar-refractivity contribution in [3.8, 4) is 11.5 Å². The van der Waals surface area contributed by atoms with E-state index in [1.54, 1.807) is 19.2 Å². The average Bonchev–Trinajstić information content (AvgIpc) is 2.50. The fraction of sp³-hybridized carbons (Fsp3) is 0.188. The zero-order chi connectivity index (χ0) is 15.1. The van der Waals surface area contributed by atoms with Crippen molar-refractivity contribution in [3.05, 3.63) is 54.6 Å². The van der Waals surface area contributed by atoms with Gasteiger partial charge in [-0.2, -0.15) is 0 Å². The minimum atomic E-state index is -0.298. The Labute approximate surface area is 123 Å². The van der Waals surface area contributed by atoms with Gasteiger partial charge in [0.15, 0.2) is 5.75 Å². The van der Waals surface area contributed by atoms with Crippen LogP contribution >= 0.6 is 0 Å². The van der Waals surface area contributed by atoms with Crippen molar-refractivity contribution in [3.63, 3.8) is 0 Å². The minimum Gasteiger partial charge on any atom is -0.455 e. The number of nitrogens with one attached hydrogen (secondary N) is 1. The van der Waals surface area contributed by atoms with Crippen molar-refractivity contribution in [1.82, 2.24) is 4.90 Å². The summed E-state index contributed by atoms with van der Waals surface area (Å²) in [7, 11) is 1.62. The molecule has 2 N–H and O–H groups in total. The third-order valence-electron chi connectivity index (χ3n) is 2.88. The summed E-state index contributed by atoms with van der Waals surface area (Å²) in [4.78, 5) is 13.4. The third kappa shape index (κ3) is 4.22. The maximum absolute atomic E-state index is 12.0. The van der Waals surface area contributed by atoms with Gasteiger partial charge in [0.05, 0.1) is 12.3 Å². The summed E-state index contributed by atoms with van der Waals surface area (Å²) in [6, 6.07) is 16.3. The fourth-order valence-electron chi connectivity index (χ4n) is 1.74. The van der Waals surface area contributed by atoms with Gasteiger partial charge in [-0.05, 0) is 24.3 Å². The van der Waals surface area contributed by atoms with E-state index < -0.39 is 0 Å². The third-order valence-corrected chi connectivity index (χ3v) is 2.88. The molecule has 2 aromatic carbocycles. The number of urea groups is 1. The maximum Gasteiger partial charge on any atom is 0.321 e. The lowest BCUT2D eigenvalue weighted by molar-refractivity contribution is 0.202. The van der Waals surface area contributed by atoms with Crippen molar-refractivity contribution in [1.29, 1.82) is 0 Å². The highest BCUT2D eigenvalue weighted by Crippen LogP contribution is 2.29. The van der Waals surface area contributed by atoms with Crippen molar-refractivity contribution >= 4 is 11.7 Å². The number of anilines is 1. The van der Waals surface area contributed by atoms with E-state index in [2.05, 4.69) is 5.32 Å². The lowest BCUT2D eigenvalue weighted by Gasteiger charge is -2.18. The molecule has 0 aliphatic carbocycles. The highest BCUT2D eigenvalue weighted by atomic mass is 16.5. The van der Waals surface area contributed by atoms with Gasteiger partial charge in [-0.3, -0.25) is 0 Å². The van der Waals surface area contributed by atoms with E-state index in [1.807, 2.05) is 42.5 Å². The van der Waals surface area contributed by atoms with Crippen LogP contribution in [0.2, 0.25) is 0 Å². The summed E-state index contributed by atoms with van der Waals surface area (Å²) in [6.07, 6.45) is 0. The number of hydrogen-bond acceptors (Lipinski definition) is 3. The molecule has 0 spiro atoms. The van der Waals surface area contributed by atoms with Crippen LogP contribution in [0.15, 0.2) is 54.6 Å². The molecule has 2 amide bonds. The summed E-state index contributed by atoms with van der Waals surface area (Å²) in [5.41, 5.74) is 0.580. The first-order valence-corrected chi connectivity index (χ1v) is 6.65. The lowest BCUT2D eigenvalue weighted by atomic mass is 10.3. The van der Waals surface area contributed by atoms with Gasteiger partial charge in [-0.25, -0.2) is 4.79 Å². The van der Waals surface area contributed by atoms with Crippen molar-refractivity contribution in [2.24, 2.45) is 0 Å². The fourth-order valence-corrected chi connectivity index (χ4v) is 1.74. The molecule has 0 heterocycles. The largest absolute Gasteiger partial charge is 0.455 e. The molecular weight excluding hydrogens is 268 g/mol. The van der Waals surface area contributed by atoms with E-state index in [0.717, 1.165) is 0 Å². The molecule has 21 heavy (non-hydrogen) atoms. The van der Waals surface area contributed by atoms with Gasteiger partial charge < -0.3 is 20.1 Å². The predicted octanol–water partition coefficient (Wildman–Crippen LogP) is 2.93. The molecule has 0 aliphatic rings. The van der Waals surface area contributed by atoms with E-state index in [9.17, 15) is 4.79 Å². The average molecular weight is 286 g/mol. The monoisotopic (exact) mass is 286 g/mol. The van der Waals surface area contributed by atoms with E-state index in [-0.39, 0.29) is 19.2 Å². The molecule has 2 rings (SSSR count). The Morgan fingerprint density at radius 3 is 2.52 bits per heavy atom. The molecule has 5 heteroatoms. The zero-order valence-corrected chi connectivity index (χ0v) is 11.8. The molecule has 0 unspecified atom stereocenters. The molecule has 5 nitrogen and oxygen atoms in total. The topological polar surface area (TPSA) is 61.8 Å². The van der Waals surface area contributed by atoms with Crippen LogP contribution in [0.5, 0.6) is 11.5 Å². The van der Waals surface area contributed by atoms with Crippen LogP contribution in [0, 0.1) is 0 Å². The van der Waals surface area contributed by atoms with Crippen LogP contribution in [-0.4, -0.2) is 36.2 Å². The quantitative estimate of drug-likeness (QED) is 0.888. The Balaban J connectivity index is 2.12. The molecule has 0 radical (unpaired) electrons. The van der Waals surface area contributed by atoms with Gasteiger partial charge in [-0.15, -0.1) is 0 Å². The Hall–Kier alpha value is -2.53. The Bertz CT molecular complexity index is 587. The molecule has 2 aromatic rings. The molecule has 0 saturated heterocycles. The highest BCUT2D eigenvalue weighted by molar-refractivity contribution is 5.90. The molecule has 0 saturated carbocycles. The number of carbonyl (C=O) groups excluding carboxylic acids is 1. The number of benzene rings is 2. The SMILES string of the molecule is CN(CCO)C(=O)Nc1ccccc1Oc1ccccc1. The van der Waals surface area contributed by atoms with Gasteiger partial charge in [0.25, 0.3) is 0 Å². The van der Waals surface area contributed by atoms with Gasteiger partial charge in [-0.1, -0.05) is 30.3 Å². The van der Waals surface area contributed by atoms with Crippen molar-refractivity contribution < 1.29 is 14.6 Å². The number of para-hydroxylation sites is 3. The summed E-state index contributed by atoms with van der Waals surface area (Å²) in [5, 5.41) is 11.6. The number of rotatable bonds is 5. The zero-order valence-electron chi connectivity index (χ0n) is 11.8. The van der Waals surface area contributed by atoms with Crippen molar-refractivity contribution in [2.45, 2.75) is 0 Å². The van der Waals surface area contributed by atoms with E-state index in [0.29, 0.717) is 17.2 Å². The Morgan fingerprint density at radius 2 is 1.81 bits per heavy atom. The first-order valence-electron chi connectivity index (χ1n) is 6.65. The second-order valence-corrected chi connectivity index (χ2v) is 4.49. The normalized spacial score (nSPS) is 10.0. The summed E-state index contributed by atoms with van der Waals surface area (Å²) >= 11 is 0. The molecule has 0 atom stereocenters. The number of aliphatic hydroxyl groups excluding tert-OH is 1. The minimum absolute atomic E-state index is 0.0773. The van der Waals surface area contributed by atoms with Crippen LogP contribution in [-0.2, 0) is 0 Å². The second-order valence-electron chi connectivity index (χ2n) is 4.49. The van der Waals surface area contributed by atoms with E-state index in [1.165, 1.54) is 4.90 Å². The molecule has 110 valence electrons. The highest BCUT2D eigenvalue weighted by Gasteiger charge is 2.11. The first kappa shape index (κ1) is 14.9. The number of carbonyl (C=O) groups is 1. The second kappa shape index (κ2) is 7.31. The molecule has 0 bridgehead atoms. The molecule has 0 aliphatic heterocycles. The van der Waals surface area contributed by atoms with Crippen LogP contribution in [0.3, 0.4) is 0 Å². The van der Waals surface area contributed by atoms with Crippen LogP contribution in [0.25, 0.3) is 0 Å². The van der Waals surface area contributed by atoms with Crippen molar-refractivity contribution in [2.75, 3.05) is 25.5 Å². The standard InChI is InChI=1S/C16H18N2O3/c1-18(11-12-19)16(20)17-14-9-5-6-10-15(14)21-13-7-3-2-4-8-13/h2-10,19H,11-12H2,1H3,(H,17,20). The lowest BCUT2D eigenvalue weighted by Crippen LogP contribution is -2.33. The number of nitrogens with zero attached hydrogens (tertiary/aromatic N) is 1. The van der Waals surface area contributed by atoms with Gasteiger partial charge in [0.2, 0.25) is 0 Å². The Kier molecular flexibility index (Phi) is 5.17. The van der Waals surface area contributed by atoms with Crippen LogP contribution in [0.4, 0.5) is 10.5 Å². The number of aliphatic hydroxyl groups is 1. The molecule has 0 fully saturated rings. The number of hydrogen-bond donors (Lipinski definition) is 2. The summed E-state index contributed by atoms with van der Waals surface area (Å²) in [6.45, 7) is 0.194. The van der Waals surface area contributed by atoms with E-state index >= 15 is 0 Å². The summed E-state index contributed by atoms with van der Waals surface area (Å²) < 4.78 is 5.77. The van der Waals surface area contributed by atoms with Crippen LogP contribution in [0.1, 0.15) is 0 Å². The predicted molar refractivity (Wildman–Crippen MR) is 81.7 cm³/mol. The van der Waals surface area contributed by atoms with Gasteiger partial charge >= 0.3 is 6.03 Å². The van der Waals surface area contributed by atoms with Crippen LogP contribution < -0.4 is 10.1 Å². The number of ether oxygens (including phenoxy) is 1. The number of amides is 2. The smallest absolute Gasteiger partial charge is 0.321 e. The number of likely N-dealkylation sites (N-methyl/N-ethyl adjacent to an activating group) is 1. The van der Waals surface area contributed by atoms with Gasteiger partial charge in [0.1, 0.15) is 5.75 Å². The molecular formula is C16H18N2O3. The summed E-state index contributed by atoms with van der Waals surface area (Å²) in [5.74, 6) is 1.26. The Morgan fingerprint density at radius 1 is 1.14 bits per heavy atom. The van der Waals surface area contributed by atoms with E-state index in [4.69, 9.17) is 9.84 Å². The molecule has 0 aromatic heterocycles. The first-order chi connectivity index (χ1) is 10.2.